The molecule has 0 bridgehead atoms. The molecule has 0 atom stereocenters. The first-order valence-electron chi connectivity index (χ1n) is 6.90. The molecule has 1 aromatic carbocycles. The molecule has 0 N–H and O–H groups in total. The maximum Gasteiger partial charge on any atom is 0.224 e. The van der Waals surface area contributed by atoms with Gasteiger partial charge in [0.2, 0.25) is 11.3 Å². The van der Waals surface area contributed by atoms with Crippen LogP contribution in [0.2, 0.25) is 0 Å². The lowest BCUT2D eigenvalue weighted by atomic mass is 10.2. The second-order valence-electron chi connectivity index (χ2n) is 4.57. The van der Waals surface area contributed by atoms with E-state index in [9.17, 15) is 9.59 Å². The summed E-state index contributed by atoms with van der Waals surface area (Å²) in [5, 5.41) is 4.76. The van der Waals surface area contributed by atoms with Crippen molar-refractivity contribution in [3.8, 4) is 0 Å². The topological polar surface area (TPSA) is 55.2 Å². The molecule has 106 valence electrons. The Morgan fingerprint density at radius 1 is 1.25 bits per heavy atom. The van der Waals surface area contributed by atoms with Crippen LogP contribution in [0.3, 0.4) is 0 Å². The lowest BCUT2D eigenvalue weighted by molar-refractivity contribution is -0.131. The summed E-state index contributed by atoms with van der Waals surface area (Å²) in [5.41, 5.74) is 0.680. The Kier molecular flexibility index (Phi) is 4.50. The molecule has 5 nitrogen and oxygen atoms in total. The number of hydrogen-bond donors (Lipinski definition) is 0. The number of benzene rings is 1. The Balaban J connectivity index is 2.21. The second kappa shape index (κ2) is 6.32. The fraction of sp³-hybridized carbons (Fsp3) is 0.400. The highest BCUT2D eigenvalue weighted by molar-refractivity contribution is 5.79. The van der Waals surface area contributed by atoms with Gasteiger partial charge in [-0.25, -0.2) is 0 Å². The van der Waals surface area contributed by atoms with Crippen molar-refractivity contribution in [1.82, 2.24) is 14.7 Å². The van der Waals surface area contributed by atoms with Crippen LogP contribution in [-0.4, -0.2) is 33.7 Å². The van der Waals surface area contributed by atoms with Gasteiger partial charge >= 0.3 is 0 Å². The predicted octanol–water partition coefficient (Wildman–Crippen LogP) is 1.65. The molecule has 1 heterocycles. The molecule has 0 saturated heterocycles. The SMILES string of the molecule is CCN(CC)C(=O)CCn1ncc(=O)c2ccccc21. The standard InChI is InChI=1S/C15H19N3O2/c1-3-17(4-2)15(20)9-10-18-13-8-6-5-7-12(13)14(19)11-16-18/h5-8,11H,3-4,9-10H2,1-2H3. The van der Waals surface area contributed by atoms with Crippen LogP contribution in [0.25, 0.3) is 10.9 Å². The highest BCUT2D eigenvalue weighted by atomic mass is 16.2. The van der Waals surface area contributed by atoms with Gasteiger partial charge in [0.05, 0.1) is 18.3 Å². The number of carbonyl (C=O) groups is 1. The van der Waals surface area contributed by atoms with Gasteiger partial charge in [-0.05, 0) is 26.0 Å². The molecule has 0 aliphatic carbocycles. The molecule has 20 heavy (non-hydrogen) atoms. The summed E-state index contributed by atoms with van der Waals surface area (Å²) in [7, 11) is 0. The number of rotatable bonds is 5. The average molecular weight is 273 g/mol. The van der Waals surface area contributed by atoms with Crippen LogP contribution in [0.5, 0.6) is 0 Å². The minimum absolute atomic E-state index is 0.0908. The van der Waals surface area contributed by atoms with E-state index in [1.807, 2.05) is 32.0 Å². The van der Waals surface area contributed by atoms with E-state index in [-0.39, 0.29) is 11.3 Å². The summed E-state index contributed by atoms with van der Waals surface area (Å²) >= 11 is 0. The minimum atomic E-state index is -0.0908. The van der Waals surface area contributed by atoms with E-state index in [0.29, 0.717) is 31.4 Å². The molecule has 5 heteroatoms. The van der Waals surface area contributed by atoms with E-state index in [2.05, 4.69) is 5.10 Å². The van der Waals surface area contributed by atoms with Crippen LogP contribution in [0.1, 0.15) is 20.3 Å². The van der Waals surface area contributed by atoms with Crippen molar-refractivity contribution >= 4 is 16.8 Å². The van der Waals surface area contributed by atoms with Gasteiger partial charge in [-0.1, -0.05) is 12.1 Å². The first kappa shape index (κ1) is 14.2. The number of amides is 1. The molecule has 0 spiro atoms. The monoisotopic (exact) mass is 273 g/mol. The lowest BCUT2D eigenvalue weighted by Crippen LogP contribution is -2.31. The maximum atomic E-state index is 12.0. The number of para-hydroxylation sites is 1. The Morgan fingerprint density at radius 2 is 1.95 bits per heavy atom. The fourth-order valence-corrected chi connectivity index (χ4v) is 2.28. The summed E-state index contributed by atoms with van der Waals surface area (Å²) in [6.45, 7) is 5.85. The quantitative estimate of drug-likeness (QED) is 0.832. The normalized spacial score (nSPS) is 10.7. The van der Waals surface area contributed by atoms with Crippen LogP contribution in [-0.2, 0) is 11.3 Å². The van der Waals surface area contributed by atoms with Crippen molar-refractivity contribution < 1.29 is 4.79 Å². The zero-order valence-electron chi connectivity index (χ0n) is 11.9. The van der Waals surface area contributed by atoms with Crippen molar-refractivity contribution in [2.45, 2.75) is 26.8 Å². The van der Waals surface area contributed by atoms with Gasteiger partial charge in [0.15, 0.2) is 0 Å². The Hall–Kier alpha value is -2.17. The van der Waals surface area contributed by atoms with Crippen molar-refractivity contribution in [2.24, 2.45) is 0 Å². The van der Waals surface area contributed by atoms with E-state index in [1.54, 1.807) is 15.6 Å². The van der Waals surface area contributed by atoms with Gasteiger partial charge in [-0.3, -0.25) is 14.3 Å². The van der Waals surface area contributed by atoms with Crippen LogP contribution in [0, 0.1) is 0 Å². The molecule has 0 fully saturated rings. The van der Waals surface area contributed by atoms with E-state index < -0.39 is 0 Å². The zero-order chi connectivity index (χ0) is 14.5. The molecule has 1 aromatic heterocycles. The highest BCUT2D eigenvalue weighted by Gasteiger charge is 2.10. The van der Waals surface area contributed by atoms with Gasteiger partial charge in [-0.15, -0.1) is 0 Å². The maximum absolute atomic E-state index is 12.0. The molecule has 2 aromatic rings. The zero-order valence-corrected chi connectivity index (χ0v) is 11.9. The second-order valence-corrected chi connectivity index (χ2v) is 4.57. The van der Waals surface area contributed by atoms with Crippen LogP contribution in [0.15, 0.2) is 35.3 Å². The highest BCUT2D eigenvalue weighted by Crippen LogP contribution is 2.08. The number of hydrogen-bond acceptors (Lipinski definition) is 3. The van der Waals surface area contributed by atoms with Gasteiger partial charge in [0.1, 0.15) is 0 Å². The summed E-state index contributed by atoms with van der Waals surface area (Å²) in [4.78, 5) is 25.5. The smallest absolute Gasteiger partial charge is 0.224 e. The molecular weight excluding hydrogens is 254 g/mol. The van der Waals surface area contributed by atoms with Gasteiger partial charge in [-0.2, -0.15) is 5.10 Å². The predicted molar refractivity (Wildman–Crippen MR) is 78.5 cm³/mol. The first-order valence-corrected chi connectivity index (χ1v) is 6.90. The van der Waals surface area contributed by atoms with E-state index in [4.69, 9.17) is 0 Å². The summed E-state index contributed by atoms with van der Waals surface area (Å²) < 4.78 is 1.72. The molecule has 0 aliphatic rings. The number of nitrogens with zero attached hydrogens (tertiary/aromatic N) is 3. The third kappa shape index (κ3) is 2.87. The van der Waals surface area contributed by atoms with E-state index in [0.717, 1.165) is 5.52 Å². The van der Waals surface area contributed by atoms with E-state index in [1.165, 1.54) is 6.20 Å². The summed E-state index contributed by atoms with van der Waals surface area (Å²) in [6.07, 6.45) is 1.70. The Bertz CT molecular complexity index is 659. The fourth-order valence-electron chi connectivity index (χ4n) is 2.28. The lowest BCUT2D eigenvalue weighted by Gasteiger charge is -2.19. The number of aryl methyl sites for hydroxylation is 1. The summed E-state index contributed by atoms with van der Waals surface area (Å²) in [6, 6.07) is 7.33. The van der Waals surface area contributed by atoms with E-state index >= 15 is 0 Å². The Morgan fingerprint density at radius 3 is 2.65 bits per heavy atom. The van der Waals surface area contributed by atoms with Crippen molar-refractivity contribution in [3.63, 3.8) is 0 Å². The molecule has 0 radical (unpaired) electrons. The molecule has 2 rings (SSSR count). The third-order valence-electron chi connectivity index (χ3n) is 3.42. The summed E-state index contributed by atoms with van der Waals surface area (Å²) in [5.74, 6) is 0.111. The van der Waals surface area contributed by atoms with Crippen molar-refractivity contribution in [1.29, 1.82) is 0 Å². The number of fused-ring (bicyclic) bond motifs is 1. The van der Waals surface area contributed by atoms with Crippen molar-refractivity contribution in [2.75, 3.05) is 13.1 Å². The number of aromatic nitrogens is 2. The van der Waals surface area contributed by atoms with Gasteiger partial charge in [0, 0.05) is 24.9 Å². The number of carbonyl (C=O) groups excluding carboxylic acids is 1. The van der Waals surface area contributed by atoms with Crippen molar-refractivity contribution in [3.05, 3.63) is 40.7 Å². The minimum Gasteiger partial charge on any atom is -0.343 e. The third-order valence-corrected chi connectivity index (χ3v) is 3.42. The van der Waals surface area contributed by atoms with Gasteiger partial charge in [0.25, 0.3) is 0 Å². The van der Waals surface area contributed by atoms with Crippen LogP contribution < -0.4 is 5.43 Å². The van der Waals surface area contributed by atoms with Crippen LogP contribution in [0.4, 0.5) is 0 Å². The molecule has 1 amide bonds. The Labute approximate surface area is 117 Å². The van der Waals surface area contributed by atoms with Crippen LogP contribution >= 0.6 is 0 Å². The first-order chi connectivity index (χ1) is 9.67. The molecule has 0 saturated carbocycles. The average Bonchev–Trinajstić information content (AvgIpc) is 2.48. The largest absolute Gasteiger partial charge is 0.343 e. The molecular formula is C15H19N3O2. The molecule has 0 aliphatic heterocycles. The van der Waals surface area contributed by atoms with Gasteiger partial charge < -0.3 is 4.90 Å². The molecule has 0 unspecified atom stereocenters.